The lowest BCUT2D eigenvalue weighted by atomic mass is 10.1. The monoisotopic (exact) mass is 340 g/mol. The molecule has 1 aliphatic rings. The van der Waals surface area contributed by atoms with Crippen molar-refractivity contribution in [3.63, 3.8) is 0 Å². The quantitative estimate of drug-likeness (QED) is 0.838. The average Bonchev–Trinajstić information content (AvgIpc) is 3.00. The van der Waals surface area contributed by atoms with Gasteiger partial charge in [0.25, 0.3) is 0 Å². The van der Waals surface area contributed by atoms with Gasteiger partial charge in [-0.15, -0.1) is 0 Å². The number of rotatable bonds is 4. The number of hydrogen-bond acceptors (Lipinski definition) is 3. The molecule has 1 aromatic carbocycles. The van der Waals surface area contributed by atoms with E-state index in [0.29, 0.717) is 18.1 Å². The van der Waals surface area contributed by atoms with Crippen molar-refractivity contribution < 1.29 is 4.79 Å². The predicted octanol–water partition coefficient (Wildman–Crippen LogP) is 3.00. The zero-order chi connectivity index (χ0) is 16.9. The van der Waals surface area contributed by atoms with Crippen LogP contribution >= 0.6 is 12.2 Å². The molecule has 3 rings (SSSR count). The number of aromatic nitrogens is 1. The van der Waals surface area contributed by atoms with Gasteiger partial charge >= 0.3 is 0 Å². The third-order valence-corrected chi connectivity index (χ3v) is 4.22. The van der Waals surface area contributed by atoms with Gasteiger partial charge in [-0.1, -0.05) is 6.07 Å². The molecule has 6 heteroatoms. The van der Waals surface area contributed by atoms with Crippen molar-refractivity contribution in [1.29, 1.82) is 0 Å². The molecule has 1 fully saturated rings. The maximum absolute atomic E-state index is 11.9. The van der Waals surface area contributed by atoms with Gasteiger partial charge in [0.1, 0.15) is 0 Å². The Hall–Kier alpha value is -2.47. The summed E-state index contributed by atoms with van der Waals surface area (Å²) < 4.78 is 0. The molecule has 2 N–H and O–H groups in total. The molecule has 2 heterocycles. The van der Waals surface area contributed by atoms with Crippen LogP contribution in [0.3, 0.4) is 0 Å². The van der Waals surface area contributed by atoms with Crippen molar-refractivity contribution >= 4 is 34.6 Å². The number of pyridine rings is 1. The summed E-state index contributed by atoms with van der Waals surface area (Å²) in [5.41, 5.74) is 3.88. The molecule has 0 aliphatic carbocycles. The molecule has 1 aliphatic heterocycles. The zero-order valence-electron chi connectivity index (χ0n) is 13.6. The lowest BCUT2D eigenvalue weighted by Crippen LogP contribution is -2.28. The number of benzene rings is 1. The molecule has 0 spiro atoms. The first-order valence-corrected chi connectivity index (χ1v) is 8.40. The summed E-state index contributed by atoms with van der Waals surface area (Å²) in [7, 11) is 0. The van der Waals surface area contributed by atoms with Crippen molar-refractivity contribution in [3.8, 4) is 0 Å². The topological polar surface area (TPSA) is 57.3 Å². The molecule has 1 saturated heterocycles. The second-order valence-corrected chi connectivity index (χ2v) is 6.19. The summed E-state index contributed by atoms with van der Waals surface area (Å²) in [4.78, 5) is 18.0. The molecule has 0 saturated carbocycles. The van der Waals surface area contributed by atoms with Gasteiger partial charge in [0, 0.05) is 30.5 Å². The smallest absolute Gasteiger partial charge is 0.227 e. The largest absolute Gasteiger partial charge is 0.357 e. The number of nitrogens with one attached hydrogen (secondary N) is 2. The summed E-state index contributed by atoms with van der Waals surface area (Å²) in [6.07, 6.45) is 3.33. The number of hydrogen-bond donors (Lipinski definition) is 2. The summed E-state index contributed by atoms with van der Waals surface area (Å²) in [5, 5.41) is 6.85. The van der Waals surface area contributed by atoms with Crippen LogP contribution in [0, 0.1) is 6.92 Å². The fourth-order valence-corrected chi connectivity index (χ4v) is 2.98. The van der Waals surface area contributed by atoms with Gasteiger partial charge in [-0.25, -0.2) is 0 Å². The van der Waals surface area contributed by atoms with Crippen LogP contribution in [-0.4, -0.2) is 22.5 Å². The molecule has 0 bridgehead atoms. The number of amides is 1. The van der Waals surface area contributed by atoms with E-state index in [1.165, 1.54) is 0 Å². The fraction of sp³-hybridized carbons (Fsp3) is 0.278. The predicted molar refractivity (Wildman–Crippen MR) is 100 cm³/mol. The van der Waals surface area contributed by atoms with Crippen LogP contribution in [-0.2, 0) is 11.3 Å². The van der Waals surface area contributed by atoms with Gasteiger partial charge in [-0.3, -0.25) is 9.78 Å². The molecule has 124 valence electrons. The Morgan fingerprint density at radius 1 is 1.33 bits per heavy atom. The van der Waals surface area contributed by atoms with E-state index in [-0.39, 0.29) is 5.91 Å². The van der Waals surface area contributed by atoms with Crippen LogP contribution in [0.25, 0.3) is 0 Å². The number of carbonyl (C=O) groups excluding carboxylic acids is 1. The van der Waals surface area contributed by atoms with Crippen LogP contribution in [0.15, 0.2) is 42.6 Å². The van der Waals surface area contributed by atoms with E-state index in [1.54, 1.807) is 6.20 Å². The molecule has 0 atom stereocenters. The van der Waals surface area contributed by atoms with Crippen molar-refractivity contribution in [2.75, 3.05) is 16.8 Å². The Morgan fingerprint density at radius 2 is 2.21 bits per heavy atom. The van der Waals surface area contributed by atoms with Crippen molar-refractivity contribution in [2.45, 2.75) is 26.3 Å². The highest BCUT2D eigenvalue weighted by Crippen LogP contribution is 2.27. The van der Waals surface area contributed by atoms with Crippen molar-refractivity contribution in [2.24, 2.45) is 0 Å². The van der Waals surface area contributed by atoms with Gasteiger partial charge in [-0.05, 0) is 61.5 Å². The Bertz CT molecular complexity index is 748. The Kier molecular flexibility index (Phi) is 5.05. The Labute approximate surface area is 147 Å². The number of nitrogens with zero attached hydrogens (tertiary/aromatic N) is 2. The average molecular weight is 340 g/mol. The first kappa shape index (κ1) is 16.4. The van der Waals surface area contributed by atoms with E-state index in [1.807, 2.05) is 48.2 Å². The van der Waals surface area contributed by atoms with Gasteiger partial charge in [0.05, 0.1) is 12.2 Å². The maximum atomic E-state index is 11.9. The third-order valence-electron chi connectivity index (χ3n) is 3.98. The van der Waals surface area contributed by atoms with Gasteiger partial charge in [-0.2, -0.15) is 0 Å². The lowest BCUT2D eigenvalue weighted by Gasteiger charge is -2.19. The molecule has 2 aromatic rings. The van der Waals surface area contributed by atoms with Gasteiger partial charge < -0.3 is 15.5 Å². The Balaban J connectivity index is 1.60. The molecule has 0 radical (unpaired) electrons. The molecular weight excluding hydrogens is 320 g/mol. The second kappa shape index (κ2) is 7.40. The van der Waals surface area contributed by atoms with E-state index in [9.17, 15) is 4.79 Å². The zero-order valence-corrected chi connectivity index (χ0v) is 14.4. The second-order valence-electron chi connectivity index (χ2n) is 5.78. The van der Waals surface area contributed by atoms with Crippen LogP contribution in [0.4, 0.5) is 11.4 Å². The minimum Gasteiger partial charge on any atom is -0.357 e. The summed E-state index contributed by atoms with van der Waals surface area (Å²) in [6.45, 7) is 3.39. The summed E-state index contributed by atoms with van der Waals surface area (Å²) in [6, 6.07) is 11.7. The SMILES string of the molecule is Cc1cc(NC(=S)NCc2ccccn2)ccc1N1CCCC1=O. The summed E-state index contributed by atoms with van der Waals surface area (Å²) >= 11 is 5.32. The van der Waals surface area contributed by atoms with Gasteiger partial charge in [0.2, 0.25) is 5.91 Å². The highest BCUT2D eigenvalue weighted by atomic mass is 32.1. The van der Waals surface area contributed by atoms with E-state index in [0.717, 1.165) is 35.6 Å². The normalized spacial score (nSPS) is 13.9. The highest BCUT2D eigenvalue weighted by molar-refractivity contribution is 7.80. The molecule has 0 unspecified atom stereocenters. The molecular formula is C18H20N4OS. The van der Waals surface area contributed by atoms with E-state index >= 15 is 0 Å². The first-order chi connectivity index (χ1) is 11.6. The highest BCUT2D eigenvalue weighted by Gasteiger charge is 2.22. The minimum atomic E-state index is 0.200. The van der Waals surface area contributed by atoms with Crippen molar-refractivity contribution in [1.82, 2.24) is 10.3 Å². The number of anilines is 2. The van der Waals surface area contributed by atoms with E-state index < -0.39 is 0 Å². The fourth-order valence-electron chi connectivity index (χ4n) is 2.79. The number of thiocarbonyl (C=S) groups is 1. The Morgan fingerprint density at radius 3 is 2.88 bits per heavy atom. The number of carbonyl (C=O) groups is 1. The van der Waals surface area contributed by atoms with Crippen molar-refractivity contribution in [3.05, 3.63) is 53.9 Å². The third kappa shape index (κ3) is 3.89. The molecule has 1 amide bonds. The molecule has 5 nitrogen and oxygen atoms in total. The van der Waals surface area contributed by atoms with Crippen LogP contribution < -0.4 is 15.5 Å². The van der Waals surface area contributed by atoms with E-state index in [2.05, 4.69) is 15.6 Å². The molecule has 1 aromatic heterocycles. The standard InChI is InChI=1S/C18H20N4OS/c1-13-11-14(7-8-16(13)22-10-4-6-17(22)23)21-18(24)20-12-15-5-2-3-9-19-15/h2-3,5,7-9,11H,4,6,10,12H2,1H3,(H2,20,21,24). The minimum absolute atomic E-state index is 0.200. The van der Waals surface area contributed by atoms with Crippen LogP contribution in [0.1, 0.15) is 24.1 Å². The van der Waals surface area contributed by atoms with E-state index in [4.69, 9.17) is 12.2 Å². The first-order valence-electron chi connectivity index (χ1n) is 7.99. The molecule has 24 heavy (non-hydrogen) atoms. The van der Waals surface area contributed by atoms with Crippen LogP contribution in [0.5, 0.6) is 0 Å². The summed E-state index contributed by atoms with van der Waals surface area (Å²) in [5.74, 6) is 0.200. The number of aryl methyl sites for hydroxylation is 1. The van der Waals surface area contributed by atoms with Gasteiger partial charge in [0.15, 0.2) is 5.11 Å². The maximum Gasteiger partial charge on any atom is 0.227 e. The van der Waals surface area contributed by atoms with Crippen LogP contribution in [0.2, 0.25) is 0 Å². The lowest BCUT2D eigenvalue weighted by molar-refractivity contribution is -0.117.